The molecule has 4 rings (SSSR count). The first-order valence-corrected chi connectivity index (χ1v) is 9.32. The topological polar surface area (TPSA) is 77.7 Å². The van der Waals surface area contributed by atoms with Gasteiger partial charge in [-0.05, 0) is 19.1 Å². The van der Waals surface area contributed by atoms with E-state index in [0.29, 0.717) is 36.4 Å². The lowest BCUT2D eigenvalue weighted by molar-refractivity contribution is -0.525. The fourth-order valence-corrected chi connectivity index (χ4v) is 3.91. The van der Waals surface area contributed by atoms with E-state index in [9.17, 15) is 9.59 Å². The number of likely N-dealkylation sites (N-methyl/N-ethyl adjacent to an activating group) is 1. The number of rotatable bonds is 5. The lowest BCUT2D eigenvalue weighted by atomic mass is 10.1. The van der Waals surface area contributed by atoms with Crippen LogP contribution in [0.1, 0.15) is 6.92 Å². The number of aliphatic imine (C=N–C) groups is 1. The van der Waals surface area contributed by atoms with E-state index in [4.69, 9.17) is 9.47 Å². The van der Waals surface area contributed by atoms with Crippen LogP contribution in [0.5, 0.6) is 11.5 Å². The molecule has 1 fully saturated rings. The summed E-state index contributed by atoms with van der Waals surface area (Å²) in [6.07, 6.45) is 0. The van der Waals surface area contributed by atoms with Crippen molar-refractivity contribution in [2.75, 3.05) is 45.8 Å². The van der Waals surface area contributed by atoms with Gasteiger partial charge >= 0.3 is 12.0 Å². The predicted molar refractivity (Wildman–Crippen MR) is 108 cm³/mol. The van der Waals surface area contributed by atoms with Gasteiger partial charge in [-0.15, -0.1) is 0 Å². The summed E-state index contributed by atoms with van der Waals surface area (Å²) in [6.45, 7) is 7.06. The molecule has 3 heterocycles. The molecular weight excluding hydrogens is 374 g/mol. The van der Waals surface area contributed by atoms with Crippen molar-refractivity contribution in [2.24, 2.45) is 4.99 Å². The van der Waals surface area contributed by atoms with Crippen molar-refractivity contribution >= 4 is 29.4 Å². The Labute approximate surface area is 169 Å². The maximum absolute atomic E-state index is 13.1. The molecule has 3 amide bonds. The van der Waals surface area contributed by atoms with Crippen LogP contribution in [0.3, 0.4) is 0 Å². The standard InChI is InChI=1S/C20H24N5O4/c1-12(2)11-25-18(26)16-17(22(3)20(25)27)21-19-23(8-9-24(16)19)14-10-13(28-4)6-7-15(14)29-5/h6-7,10,16H,1,8-9,11H2,2-5H3/q+1. The minimum atomic E-state index is -0.617. The summed E-state index contributed by atoms with van der Waals surface area (Å²) in [6, 6.07) is 4.53. The van der Waals surface area contributed by atoms with Gasteiger partial charge < -0.3 is 9.47 Å². The highest BCUT2D eigenvalue weighted by Crippen LogP contribution is 2.35. The fourth-order valence-electron chi connectivity index (χ4n) is 3.91. The molecule has 0 aliphatic carbocycles. The van der Waals surface area contributed by atoms with Gasteiger partial charge in [-0.3, -0.25) is 14.6 Å². The molecule has 3 aliphatic rings. The van der Waals surface area contributed by atoms with Crippen molar-refractivity contribution in [3.05, 3.63) is 30.4 Å². The first-order chi connectivity index (χ1) is 13.9. The number of urea groups is 1. The minimum Gasteiger partial charge on any atom is -0.497 e. The number of hydrogen-bond acceptors (Lipinski definition) is 6. The monoisotopic (exact) mass is 398 g/mol. The molecule has 1 unspecified atom stereocenters. The molecule has 0 radical (unpaired) electrons. The number of carbonyl (C=O) groups excluding carboxylic acids is 2. The van der Waals surface area contributed by atoms with Gasteiger partial charge in [0.25, 0.3) is 5.91 Å². The van der Waals surface area contributed by atoms with E-state index in [0.717, 1.165) is 11.3 Å². The molecular formula is C20H24N5O4+. The van der Waals surface area contributed by atoms with Crippen LogP contribution < -0.4 is 14.4 Å². The number of amidine groups is 1. The lowest BCUT2D eigenvalue weighted by Gasteiger charge is -2.34. The van der Waals surface area contributed by atoms with Crippen LogP contribution in [-0.4, -0.2) is 85.1 Å². The molecule has 1 atom stereocenters. The highest BCUT2D eigenvalue weighted by molar-refractivity contribution is 6.24. The van der Waals surface area contributed by atoms with Crippen molar-refractivity contribution in [3.8, 4) is 11.5 Å². The SMILES string of the molecule is C=C(C)CN1C(=O)C2C(=NC3=[N+]2CCN3c2cc(OC)ccc2OC)N(C)C1=O. The largest absolute Gasteiger partial charge is 0.497 e. The quantitative estimate of drug-likeness (QED) is 0.549. The number of amides is 3. The number of anilines is 1. The number of guanidine groups is 1. The molecule has 9 heteroatoms. The van der Waals surface area contributed by atoms with Gasteiger partial charge in [0.15, 0.2) is 5.75 Å². The minimum absolute atomic E-state index is 0.197. The van der Waals surface area contributed by atoms with Crippen LogP contribution in [0.2, 0.25) is 0 Å². The molecule has 0 saturated carbocycles. The molecule has 0 spiro atoms. The normalized spacial score (nSPS) is 20.8. The van der Waals surface area contributed by atoms with E-state index < -0.39 is 6.04 Å². The second-order valence-electron chi connectivity index (χ2n) is 7.28. The smallest absolute Gasteiger partial charge is 0.397 e. The number of nitrogens with zero attached hydrogens (tertiary/aromatic N) is 5. The number of methoxy groups -OCH3 is 2. The first kappa shape index (κ1) is 19.0. The number of hydrogen-bond donors (Lipinski definition) is 0. The zero-order chi connectivity index (χ0) is 20.9. The van der Waals surface area contributed by atoms with Gasteiger partial charge in [-0.25, -0.2) is 14.3 Å². The molecule has 0 aromatic heterocycles. The third kappa shape index (κ3) is 2.84. The highest BCUT2D eigenvalue weighted by atomic mass is 16.5. The average Bonchev–Trinajstić information content (AvgIpc) is 3.28. The van der Waals surface area contributed by atoms with Gasteiger partial charge in [-0.1, -0.05) is 17.1 Å². The Balaban J connectivity index is 1.75. The average molecular weight is 398 g/mol. The maximum atomic E-state index is 13.1. The summed E-state index contributed by atoms with van der Waals surface area (Å²) < 4.78 is 12.8. The van der Waals surface area contributed by atoms with Gasteiger partial charge in [-0.2, -0.15) is 0 Å². The predicted octanol–water partition coefficient (Wildman–Crippen LogP) is 1.14. The molecule has 29 heavy (non-hydrogen) atoms. The zero-order valence-electron chi connectivity index (χ0n) is 17.0. The summed E-state index contributed by atoms with van der Waals surface area (Å²) in [5.41, 5.74) is 1.54. The second kappa shape index (κ2) is 6.91. The summed E-state index contributed by atoms with van der Waals surface area (Å²) >= 11 is 0. The van der Waals surface area contributed by atoms with E-state index >= 15 is 0 Å². The molecule has 1 aromatic rings. The molecule has 1 saturated heterocycles. The molecule has 152 valence electrons. The Morgan fingerprint density at radius 2 is 2.07 bits per heavy atom. The molecule has 0 N–H and O–H groups in total. The van der Waals surface area contributed by atoms with Gasteiger partial charge in [0.05, 0.1) is 27.3 Å². The van der Waals surface area contributed by atoms with Crippen molar-refractivity contribution < 1.29 is 23.6 Å². The van der Waals surface area contributed by atoms with E-state index in [1.54, 1.807) is 28.2 Å². The Bertz CT molecular complexity index is 983. The van der Waals surface area contributed by atoms with Crippen LogP contribution >= 0.6 is 0 Å². The molecule has 9 nitrogen and oxygen atoms in total. The molecule has 1 aromatic carbocycles. The number of ether oxygens (including phenoxy) is 2. The van der Waals surface area contributed by atoms with Crippen LogP contribution in [0.4, 0.5) is 10.5 Å². The Hall–Kier alpha value is -3.36. The molecule has 0 bridgehead atoms. The molecule has 3 aliphatic heterocycles. The fraction of sp³-hybridized carbons (Fsp3) is 0.400. The van der Waals surface area contributed by atoms with Crippen molar-refractivity contribution in [1.82, 2.24) is 9.80 Å². The van der Waals surface area contributed by atoms with Gasteiger partial charge in [0, 0.05) is 13.1 Å². The number of imide groups is 1. The summed E-state index contributed by atoms with van der Waals surface area (Å²) in [5, 5.41) is 0. The van der Waals surface area contributed by atoms with Crippen molar-refractivity contribution in [2.45, 2.75) is 13.0 Å². The zero-order valence-corrected chi connectivity index (χ0v) is 17.0. The first-order valence-electron chi connectivity index (χ1n) is 9.32. The van der Waals surface area contributed by atoms with Crippen LogP contribution in [0.25, 0.3) is 0 Å². The summed E-state index contributed by atoms with van der Waals surface area (Å²) in [4.78, 5) is 35.2. The Morgan fingerprint density at radius 3 is 2.72 bits per heavy atom. The van der Waals surface area contributed by atoms with E-state index in [-0.39, 0.29) is 18.5 Å². The van der Waals surface area contributed by atoms with Crippen LogP contribution in [0, 0.1) is 0 Å². The Kier molecular flexibility index (Phi) is 4.52. The number of carbonyl (C=O) groups is 2. The third-order valence-electron chi connectivity index (χ3n) is 5.30. The highest BCUT2D eigenvalue weighted by Gasteiger charge is 2.55. The summed E-state index contributed by atoms with van der Waals surface area (Å²) in [5.74, 6) is 2.17. The van der Waals surface area contributed by atoms with E-state index in [1.165, 1.54) is 9.80 Å². The van der Waals surface area contributed by atoms with E-state index in [2.05, 4.69) is 11.6 Å². The van der Waals surface area contributed by atoms with Crippen LogP contribution in [0.15, 0.2) is 35.3 Å². The van der Waals surface area contributed by atoms with Crippen molar-refractivity contribution in [1.29, 1.82) is 0 Å². The van der Waals surface area contributed by atoms with Crippen molar-refractivity contribution in [3.63, 3.8) is 0 Å². The number of fused-ring (bicyclic) bond motifs is 2. The Morgan fingerprint density at radius 1 is 1.31 bits per heavy atom. The number of benzene rings is 1. The summed E-state index contributed by atoms with van der Waals surface area (Å²) in [7, 11) is 4.86. The second-order valence-corrected chi connectivity index (χ2v) is 7.28. The van der Waals surface area contributed by atoms with Gasteiger partial charge in [0.2, 0.25) is 11.9 Å². The van der Waals surface area contributed by atoms with Crippen LogP contribution in [-0.2, 0) is 4.79 Å². The third-order valence-corrected chi connectivity index (χ3v) is 5.30. The maximum Gasteiger partial charge on any atom is 0.397 e. The lowest BCUT2D eigenvalue weighted by Crippen LogP contribution is -2.62. The van der Waals surface area contributed by atoms with Gasteiger partial charge in [0.1, 0.15) is 18.0 Å². The van der Waals surface area contributed by atoms with E-state index in [1.807, 2.05) is 27.7 Å².